The van der Waals surface area contributed by atoms with E-state index in [0.29, 0.717) is 0 Å². The number of carbonyl (C=O) groups excluding carboxylic acids is 5. The molecular formula is C13H18O10. The van der Waals surface area contributed by atoms with Crippen LogP contribution < -0.4 is 0 Å². The number of hydrogen-bond acceptors (Lipinski definition) is 10. The molecule has 0 saturated heterocycles. The fourth-order valence-corrected chi connectivity index (χ4v) is 1.63. The van der Waals surface area contributed by atoms with Crippen molar-refractivity contribution in [2.24, 2.45) is 0 Å². The molecule has 0 aromatic rings. The number of hydrogen-bond donors (Lipinski definition) is 1. The highest BCUT2D eigenvalue weighted by molar-refractivity contribution is 5.77. The number of aliphatic hydroxyl groups is 1. The monoisotopic (exact) mass is 334 g/mol. The van der Waals surface area contributed by atoms with E-state index in [4.69, 9.17) is 9.47 Å². The molecule has 0 rings (SSSR count). The topological polar surface area (TPSA) is 143 Å². The second-order valence-electron chi connectivity index (χ2n) is 4.33. The van der Waals surface area contributed by atoms with Gasteiger partial charge in [-0.05, 0) is 0 Å². The number of aliphatic hydroxyl groups excluding tert-OH is 1. The first-order valence-electron chi connectivity index (χ1n) is 6.36. The van der Waals surface area contributed by atoms with E-state index < -0.39 is 48.3 Å². The fraction of sp³-hybridized carbons (Fsp3) is 0.615. The quantitative estimate of drug-likeness (QED) is 0.317. The Morgan fingerprint density at radius 2 is 1.30 bits per heavy atom. The number of methoxy groups -OCH3 is 1. The lowest BCUT2D eigenvalue weighted by Crippen LogP contribution is -2.53. The molecule has 4 atom stereocenters. The summed E-state index contributed by atoms with van der Waals surface area (Å²) in [5, 5.41) is 9.89. The van der Waals surface area contributed by atoms with Gasteiger partial charge in [0.25, 0.3) is 0 Å². The van der Waals surface area contributed by atoms with Gasteiger partial charge in [-0.2, -0.15) is 0 Å². The Hall–Kier alpha value is -2.49. The molecule has 0 radical (unpaired) electrons. The van der Waals surface area contributed by atoms with Crippen LogP contribution in [0.4, 0.5) is 0 Å². The summed E-state index contributed by atoms with van der Waals surface area (Å²) >= 11 is 0. The zero-order chi connectivity index (χ0) is 18.2. The van der Waals surface area contributed by atoms with Crippen molar-refractivity contribution in [1.29, 1.82) is 0 Å². The Morgan fingerprint density at radius 3 is 1.65 bits per heavy atom. The summed E-state index contributed by atoms with van der Waals surface area (Å²) < 4.78 is 18.5. The van der Waals surface area contributed by atoms with Gasteiger partial charge < -0.3 is 24.1 Å². The molecule has 10 nitrogen and oxygen atoms in total. The summed E-state index contributed by atoms with van der Waals surface area (Å²) in [4.78, 5) is 56.0. The maximum Gasteiger partial charge on any atom is 0.338 e. The molecule has 0 saturated carbocycles. The molecule has 0 unspecified atom stereocenters. The van der Waals surface area contributed by atoms with Crippen LogP contribution in [0.3, 0.4) is 0 Å². The Labute approximate surface area is 131 Å². The third-order valence-corrected chi connectivity index (χ3v) is 2.44. The van der Waals surface area contributed by atoms with Gasteiger partial charge >= 0.3 is 23.9 Å². The van der Waals surface area contributed by atoms with E-state index in [9.17, 15) is 29.1 Å². The smallest absolute Gasteiger partial charge is 0.338 e. The molecule has 0 aliphatic carbocycles. The van der Waals surface area contributed by atoms with Crippen molar-refractivity contribution in [3.63, 3.8) is 0 Å². The molecule has 0 aromatic carbocycles. The van der Waals surface area contributed by atoms with Gasteiger partial charge in [-0.1, -0.05) is 0 Å². The van der Waals surface area contributed by atoms with Crippen LogP contribution in [0.2, 0.25) is 0 Å². The van der Waals surface area contributed by atoms with Gasteiger partial charge in [-0.25, -0.2) is 4.79 Å². The van der Waals surface area contributed by atoms with E-state index in [1.165, 1.54) is 0 Å². The predicted molar refractivity (Wildman–Crippen MR) is 70.7 cm³/mol. The Morgan fingerprint density at radius 1 is 0.870 bits per heavy atom. The third kappa shape index (κ3) is 6.87. The van der Waals surface area contributed by atoms with Crippen LogP contribution in [0.25, 0.3) is 0 Å². The number of aldehydes is 1. The molecular weight excluding hydrogens is 316 g/mol. The van der Waals surface area contributed by atoms with Crippen molar-refractivity contribution < 1.29 is 48.0 Å². The summed E-state index contributed by atoms with van der Waals surface area (Å²) in [6, 6.07) is 0. The molecule has 130 valence electrons. The second kappa shape index (κ2) is 9.51. The van der Waals surface area contributed by atoms with Crippen molar-refractivity contribution >= 4 is 30.2 Å². The maximum absolute atomic E-state index is 11.5. The van der Waals surface area contributed by atoms with Gasteiger partial charge in [0.1, 0.15) is 0 Å². The van der Waals surface area contributed by atoms with Crippen molar-refractivity contribution in [1.82, 2.24) is 0 Å². The SMILES string of the molecule is COC(=O)[C@H](O)[C@@H](OC(C)=O)[C@H](OC(C)=O)[C@H](C=O)OC(C)=O. The van der Waals surface area contributed by atoms with E-state index in [0.717, 1.165) is 27.9 Å². The van der Waals surface area contributed by atoms with Crippen LogP contribution in [0.5, 0.6) is 0 Å². The third-order valence-electron chi connectivity index (χ3n) is 2.44. The van der Waals surface area contributed by atoms with Gasteiger partial charge in [0.05, 0.1) is 7.11 Å². The van der Waals surface area contributed by atoms with Gasteiger partial charge in [-0.3, -0.25) is 19.2 Å². The highest BCUT2D eigenvalue weighted by atomic mass is 16.6. The maximum atomic E-state index is 11.5. The minimum Gasteiger partial charge on any atom is -0.467 e. The molecule has 1 N–H and O–H groups in total. The highest BCUT2D eigenvalue weighted by Crippen LogP contribution is 2.17. The zero-order valence-corrected chi connectivity index (χ0v) is 13.0. The average molecular weight is 334 g/mol. The first-order valence-corrected chi connectivity index (χ1v) is 6.36. The van der Waals surface area contributed by atoms with Gasteiger partial charge in [0, 0.05) is 20.8 Å². The first-order chi connectivity index (χ1) is 10.6. The standard InChI is InChI=1S/C13H18O10/c1-6(15)21-9(5-14)11(22-7(2)16)12(23-8(3)17)10(18)13(19)20-4/h5,9-12,18H,1-4H3/t9-,10+,11+,12+/m0/s1. The van der Waals surface area contributed by atoms with Crippen molar-refractivity contribution in [2.75, 3.05) is 7.11 Å². The van der Waals surface area contributed by atoms with Crippen LogP contribution in [0, 0.1) is 0 Å². The van der Waals surface area contributed by atoms with E-state index in [2.05, 4.69) is 9.47 Å². The summed E-state index contributed by atoms with van der Waals surface area (Å²) in [6.45, 7) is 2.92. The van der Waals surface area contributed by atoms with Crippen molar-refractivity contribution in [2.45, 2.75) is 45.2 Å². The molecule has 0 fully saturated rings. The summed E-state index contributed by atoms with van der Waals surface area (Å²) in [7, 11) is 0.959. The Bertz CT molecular complexity index is 471. The average Bonchev–Trinajstić information content (AvgIpc) is 2.46. The van der Waals surface area contributed by atoms with Crippen molar-refractivity contribution in [3.8, 4) is 0 Å². The first kappa shape index (κ1) is 20.5. The molecule has 0 aliphatic rings. The predicted octanol–water partition coefficient (Wildman–Crippen LogP) is -1.49. The molecule has 10 heteroatoms. The number of carbonyl (C=O) groups is 5. The second-order valence-corrected chi connectivity index (χ2v) is 4.33. The zero-order valence-electron chi connectivity index (χ0n) is 13.0. The summed E-state index contributed by atoms with van der Waals surface area (Å²) in [5.41, 5.74) is 0. The molecule has 0 aliphatic heterocycles. The lowest BCUT2D eigenvalue weighted by molar-refractivity contribution is -0.196. The fourth-order valence-electron chi connectivity index (χ4n) is 1.63. The number of ether oxygens (including phenoxy) is 4. The van der Waals surface area contributed by atoms with Crippen LogP contribution in [-0.4, -0.2) is 66.8 Å². The van der Waals surface area contributed by atoms with E-state index in [1.54, 1.807) is 0 Å². The normalized spacial score (nSPS) is 15.3. The van der Waals surface area contributed by atoms with Gasteiger partial charge in [0.2, 0.25) is 0 Å². The summed E-state index contributed by atoms with van der Waals surface area (Å²) in [6.07, 6.45) is -7.24. The lowest BCUT2D eigenvalue weighted by Gasteiger charge is -2.31. The van der Waals surface area contributed by atoms with Crippen LogP contribution >= 0.6 is 0 Å². The van der Waals surface area contributed by atoms with Crippen LogP contribution in [0.1, 0.15) is 20.8 Å². The van der Waals surface area contributed by atoms with E-state index >= 15 is 0 Å². The lowest BCUT2D eigenvalue weighted by atomic mass is 10.0. The van der Waals surface area contributed by atoms with Gasteiger partial charge in [0.15, 0.2) is 30.7 Å². The van der Waals surface area contributed by atoms with E-state index in [-0.39, 0.29) is 6.29 Å². The largest absolute Gasteiger partial charge is 0.467 e. The minimum atomic E-state index is -2.08. The van der Waals surface area contributed by atoms with Crippen LogP contribution in [-0.2, 0) is 42.9 Å². The number of esters is 4. The minimum absolute atomic E-state index is 0.107. The van der Waals surface area contributed by atoms with Crippen LogP contribution in [0.15, 0.2) is 0 Å². The van der Waals surface area contributed by atoms with Crippen molar-refractivity contribution in [3.05, 3.63) is 0 Å². The molecule has 0 amide bonds. The Balaban J connectivity index is 5.72. The molecule has 0 spiro atoms. The highest BCUT2D eigenvalue weighted by Gasteiger charge is 2.44. The molecule has 0 aromatic heterocycles. The Kier molecular flexibility index (Phi) is 8.48. The molecule has 0 bridgehead atoms. The summed E-state index contributed by atoms with van der Waals surface area (Å²) in [5.74, 6) is -3.97. The number of rotatable bonds is 8. The molecule has 23 heavy (non-hydrogen) atoms. The van der Waals surface area contributed by atoms with Gasteiger partial charge in [-0.15, -0.1) is 0 Å². The molecule has 0 heterocycles. The van der Waals surface area contributed by atoms with E-state index in [1.807, 2.05) is 0 Å².